The number of aromatic amines is 1. The number of nitrogens with one attached hydrogen (secondary N) is 2. The van der Waals surface area contributed by atoms with Crippen LogP contribution in [0, 0.1) is 5.41 Å². The molecule has 0 aliphatic heterocycles. The van der Waals surface area contributed by atoms with Crippen LogP contribution in [0.3, 0.4) is 0 Å². The smallest absolute Gasteiger partial charge is 0.234 e. The van der Waals surface area contributed by atoms with Gasteiger partial charge in [-0.1, -0.05) is 16.8 Å². The van der Waals surface area contributed by atoms with E-state index in [0.717, 1.165) is 6.42 Å². The number of hydrogen-bond donors (Lipinski definition) is 4. The molecule has 5 N–H and O–H groups in total. The topological polar surface area (TPSA) is 142 Å². The molecular weight excluding hydrogens is 226 g/mol. The van der Waals surface area contributed by atoms with Crippen molar-refractivity contribution in [1.29, 1.82) is 0 Å². The van der Waals surface area contributed by atoms with Gasteiger partial charge >= 0.3 is 0 Å². The SMILES string of the molecule is NC(=NO)C1(C(=O)NCc2nn[nH]n2)CCC1. The molecule has 1 heterocycles. The van der Waals surface area contributed by atoms with Gasteiger partial charge in [-0.15, -0.1) is 10.2 Å². The number of amides is 1. The summed E-state index contributed by atoms with van der Waals surface area (Å²) in [6.45, 7) is 0.162. The molecule has 1 amide bonds. The first-order valence-corrected chi connectivity index (χ1v) is 5.18. The van der Waals surface area contributed by atoms with Crippen LogP contribution in [0.25, 0.3) is 0 Å². The van der Waals surface area contributed by atoms with Crippen molar-refractivity contribution in [3.8, 4) is 0 Å². The van der Waals surface area contributed by atoms with Crippen molar-refractivity contribution in [2.24, 2.45) is 16.3 Å². The molecule has 0 spiro atoms. The summed E-state index contributed by atoms with van der Waals surface area (Å²) in [6.07, 6.45) is 2.05. The van der Waals surface area contributed by atoms with Gasteiger partial charge < -0.3 is 16.3 Å². The van der Waals surface area contributed by atoms with Gasteiger partial charge in [0, 0.05) is 0 Å². The van der Waals surface area contributed by atoms with Crippen LogP contribution < -0.4 is 11.1 Å². The average molecular weight is 239 g/mol. The zero-order valence-electron chi connectivity index (χ0n) is 9.05. The number of H-pyrrole nitrogens is 1. The number of hydrogen-bond acceptors (Lipinski definition) is 6. The minimum absolute atomic E-state index is 0.0469. The molecule has 1 aliphatic carbocycles. The molecule has 0 atom stereocenters. The second-order valence-electron chi connectivity index (χ2n) is 3.93. The minimum atomic E-state index is -0.877. The maximum Gasteiger partial charge on any atom is 0.234 e. The van der Waals surface area contributed by atoms with Crippen molar-refractivity contribution in [2.75, 3.05) is 0 Å². The van der Waals surface area contributed by atoms with Crippen LogP contribution in [0.1, 0.15) is 25.1 Å². The van der Waals surface area contributed by atoms with Gasteiger partial charge in [0.05, 0.1) is 6.54 Å². The first kappa shape index (κ1) is 11.3. The Kier molecular flexibility index (Phi) is 2.90. The third-order valence-corrected chi connectivity index (χ3v) is 3.04. The fraction of sp³-hybridized carbons (Fsp3) is 0.625. The van der Waals surface area contributed by atoms with Gasteiger partial charge in [0.25, 0.3) is 0 Å². The Morgan fingerprint density at radius 1 is 1.65 bits per heavy atom. The number of nitrogens with two attached hydrogens (primary N) is 1. The summed E-state index contributed by atoms with van der Waals surface area (Å²) in [7, 11) is 0. The van der Waals surface area contributed by atoms with Crippen molar-refractivity contribution >= 4 is 11.7 Å². The van der Waals surface area contributed by atoms with E-state index >= 15 is 0 Å². The molecule has 9 heteroatoms. The van der Waals surface area contributed by atoms with Crippen LogP contribution in [0.15, 0.2) is 5.16 Å². The van der Waals surface area contributed by atoms with Crippen molar-refractivity contribution in [3.63, 3.8) is 0 Å². The third-order valence-electron chi connectivity index (χ3n) is 3.04. The Morgan fingerprint density at radius 3 is 2.88 bits per heavy atom. The van der Waals surface area contributed by atoms with Crippen LogP contribution in [-0.2, 0) is 11.3 Å². The number of tetrazole rings is 1. The number of nitrogens with zero attached hydrogens (tertiary/aromatic N) is 4. The lowest BCUT2D eigenvalue weighted by molar-refractivity contribution is -0.131. The molecule has 1 saturated carbocycles. The minimum Gasteiger partial charge on any atom is -0.409 e. The molecule has 1 aliphatic rings. The third kappa shape index (κ3) is 1.90. The maximum absolute atomic E-state index is 12.0. The van der Waals surface area contributed by atoms with Crippen LogP contribution in [0.4, 0.5) is 0 Å². The quantitative estimate of drug-likeness (QED) is 0.223. The molecule has 0 unspecified atom stereocenters. The highest BCUT2D eigenvalue weighted by molar-refractivity contribution is 6.07. The van der Waals surface area contributed by atoms with E-state index in [0.29, 0.717) is 18.7 Å². The highest BCUT2D eigenvalue weighted by atomic mass is 16.4. The molecule has 0 aromatic carbocycles. The molecule has 0 radical (unpaired) electrons. The average Bonchev–Trinajstić information content (AvgIpc) is 2.77. The lowest BCUT2D eigenvalue weighted by Crippen LogP contribution is -2.53. The lowest BCUT2D eigenvalue weighted by atomic mass is 9.67. The predicted octanol–water partition coefficient (Wildman–Crippen LogP) is -1.27. The Balaban J connectivity index is 1.99. The first-order chi connectivity index (χ1) is 8.19. The summed E-state index contributed by atoms with van der Waals surface area (Å²) < 4.78 is 0. The fourth-order valence-corrected chi connectivity index (χ4v) is 1.81. The zero-order chi connectivity index (χ0) is 12.3. The molecule has 9 nitrogen and oxygen atoms in total. The summed E-state index contributed by atoms with van der Waals surface area (Å²) in [4.78, 5) is 12.0. The predicted molar refractivity (Wildman–Crippen MR) is 55.7 cm³/mol. The van der Waals surface area contributed by atoms with E-state index < -0.39 is 5.41 Å². The second kappa shape index (κ2) is 4.36. The molecule has 0 bridgehead atoms. The Bertz CT molecular complexity index is 423. The van der Waals surface area contributed by atoms with E-state index in [4.69, 9.17) is 10.9 Å². The molecule has 0 saturated heterocycles. The van der Waals surface area contributed by atoms with E-state index in [1.165, 1.54) is 0 Å². The van der Waals surface area contributed by atoms with Crippen LogP contribution >= 0.6 is 0 Å². The Hall–Kier alpha value is -2.19. The summed E-state index contributed by atoms with van der Waals surface area (Å²) >= 11 is 0. The van der Waals surface area contributed by atoms with E-state index in [1.54, 1.807) is 0 Å². The molecule has 1 fully saturated rings. The normalized spacial score (nSPS) is 18.5. The number of amidine groups is 1. The standard InChI is InChI=1S/C8H13N7O2/c9-6(13-17)8(2-1-3-8)7(16)10-4-5-11-14-15-12-5/h17H,1-4H2,(H2,9,13)(H,10,16)(H,11,12,14,15). The zero-order valence-corrected chi connectivity index (χ0v) is 9.05. The van der Waals surface area contributed by atoms with Crippen LogP contribution in [0.2, 0.25) is 0 Å². The fourth-order valence-electron chi connectivity index (χ4n) is 1.81. The van der Waals surface area contributed by atoms with Crippen molar-refractivity contribution < 1.29 is 10.0 Å². The summed E-state index contributed by atoms with van der Waals surface area (Å²) in [5.74, 6) is 0.0607. The molecule has 1 aromatic heterocycles. The summed E-state index contributed by atoms with van der Waals surface area (Å²) in [5.41, 5.74) is 4.68. The highest BCUT2D eigenvalue weighted by Gasteiger charge is 2.48. The van der Waals surface area contributed by atoms with E-state index in [2.05, 4.69) is 31.1 Å². The largest absolute Gasteiger partial charge is 0.409 e. The van der Waals surface area contributed by atoms with E-state index in [1.807, 2.05) is 0 Å². The second-order valence-corrected chi connectivity index (χ2v) is 3.93. The maximum atomic E-state index is 12.0. The van der Waals surface area contributed by atoms with Gasteiger partial charge in [0.15, 0.2) is 11.7 Å². The first-order valence-electron chi connectivity index (χ1n) is 5.18. The molecular formula is C8H13N7O2. The lowest BCUT2D eigenvalue weighted by Gasteiger charge is -2.38. The van der Waals surface area contributed by atoms with Crippen LogP contribution in [0.5, 0.6) is 0 Å². The monoisotopic (exact) mass is 239 g/mol. The van der Waals surface area contributed by atoms with Crippen LogP contribution in [-0.4, -0.2) is 37.6 Å². The number of carbonyl (C=O) groups is 1. The van der Waals surface area contributed by atoms with Gasteiger partial charge in [-0.3, -0.25) is 4.79 Å². The van der Waals surface area contributed by atoms with Crippen molar-refractivity contribution in [2.45, 2.75) is 25.8 Å². The van der Waals surface area contributed by atoms with Gasteiger partial charge in [0.2, 0.25) is 5.91 Å². The molecule has 17 heavy (non-hydrogen) atoms. The number of carbonyl (C=O) groups excluding carboxylic acids is 1. The summed E-state index contributed by atoms with van der Waals surface area (Å²) in [6, 6.07) is 0. The molecule has 92 valence electrons. The Morgan fingerprint density at radius 2 is 2.41 bits per heavy atom. The Labute approximate surface area is 96.4 Å². The van der Waals surface area contributed by atoms with Gasteiger partial charge in [0.1, 0.15) is 5.41 Å². The van der Waals surface area contributed by atoms with Gasteiger partial charge in [-0.25, -0.2) is 0 Å². The van der Waals surface area contributed by atoms with Crippen molar-refractivity contribution in [1.82, 2.24) is 25.9 Å². The number of aromatic nitrogens is 4. The van der Waals surface area contributed by atoms with Gasteiger partial charge in [-0.05, 0) is 12.8 Å². The van der Waals surface area contributed by atoms with Crippen molar-refractivity contribution in [3.05, 3.63) is 5.82 Å². The van der Waals surface area contributed by atoms with Gasteiger partial charge in [-0.2, -0.15) is 5.21 Å². The highest BCUT2D eigenvalue weighted by Crippen LogP contribution is 2.41. The van der Waals surface area contributed by atoms with E-state index in [-0.39, 0.29) is 18.3 Å². The molecule has 1 aromatic rings. The number of rotatable bonds is 4. The number of oxime groups is 1. The summed E-state index contributed by atoms with van der Waals surface area (Å²) in [5, 5.41) is 27.3. The molecule has 2 rings (SSSR count). The van der Waals surface area contributed by atoms with E-state index in [9.17, 15) is 4.79 Å².